The predicted molar refractivity (Wildman–Crippen MR) is 65.1 cm³/mol. The average molecular weight is 208 g/mol. The van der Waals surface area contributed by atoms with E-state index in [-0.39, 0.29) is 0 Å². The number of allylic oxidation sites excluding steroid dienone is 1. The van der Waals surface area contributed by atoms with Crippen molar-refractivity contribution in [1.29, 1.82) is 0 Å². The van der Waals surface area contributed by atoms with Gasteiger partial charge in [-0.3, -0.25) is 0 Å². The van der Waals surface area contributed by atoms with Gasteiger partial charge in [-0.05, 0) is 52.1 Å². The Hall–Kier alpha value is -0.340. The molecule has 1 unspecified atom stereocenters. The Morgan fingerprint density at radius 1 is 1.47 bits per heavy atom. The molecule has 1 aliphatic heterocycles. The Morgan fingerprint density at radius 3 is 3.07 bits per heavy atom. The fraction of sp³-hybridized carbons (Fsp3) is 0.846. The van der Waals surface area contributed by atoms with Crippen LogP contribution in [0.3, 0.4) is 0 Å². The summed E-state index contributed by atoms with van der Waals surface area (Å²) in [7, 11) is 2.08. The minimum atomic E-state index is 0.741. The van der Waals surface area contributed by atoms with Gasteiger partial charge in [0, 0.05) is 19.1 Å². The van der Waals surface area contributed by atoms with E-state index in [4.69, 9.17) is 0 Å². The normalized spacial score (nSPS) is 28.1. The molecule has 0 radical (unpaired) electrons. The summed E-state index contributed by atoms with van der Waals surface area (Å²) < 4.78 is 0. The van der Waals surface area contributed by atoms with Crippen LogP contribution >= 0.6 is 0 Å². The van der Waals surface area contributed by atoms with Crippen molar-refractivity contribution in [3.05, 3.63) is 11.6 Å². The molecule has 0 bridgehead atoms. The summed E-state index contributed by atoms with van der Waals surface area (Å²) in [6.07, 6.45) is 10.7. The van der Waals surface area contributed by atoms with Crippen LogP contribution in [-0.4, -0.2) is 37.6 Å². The summed E-state index contributed by atoms with van der Waals surface area (Å²) in [5.74, 6) is 0. The van der Waals surface area contributed by atoms with E-state index >= 15 is 0 Å². The summed E-state index contributed by atoms with van der Waals surface area (Å²) in [5.41, 5.74) is 1.72. The van der Waals surface area contributed by atoms with Crippen LogP contribution < -0.4 is 5.32 Å². The summed E-state index contributed by atoms with van der Waals surface area (Å²) in [6, 6.07) is 0.741. The van der Waals surface area contributed by atoms with Gasteiger partial charge in [-0.2, -0.15) is 0 Å². The van der Waals surface area contributed by atoms with Gasteiger partial charge < -0.3 is 10.2 Å². The molecule has 0 spiro atoms. The summed E-state index contributed by atoms with van der Waals surface area (Å²) in [4.78, 5) is 2.61. The Morgan fingerprint density at radius 2 is 2.40 bits per heavy atom. The SMILES string of the molecule is CNC1CCN(CCC2=CCCCC2)C1. The topological polar surface area (TPSA) is 15.3 Å². The van der Waals surface area contributed by atoms with E-state index in [2.05, 4.69) is 23.3 Å². The summed E-state index contributed by atoms with van der Waals surface area (Å²) in [6.45, 7) is 3.83. The molecule has 2 rings (SSSR count). The van der Waals surface area contributed by atoms with Crippen molar-refractivity contribution < 1.29 is 0 Å². The van der Waals surface area contributed by atoms with Crippen molar-refractivity contribution >= 4 is 0 Å². The highest BCUT2D eigenvalue weighted by Crippen LogP contribution is 2.21. The molecule has 1 N–H and O–H groups in total. The monoisotopic (exact) mass is 208 g/mol. The molecule has 1 heterocycles. The van der Waals surface area contributed by atoms with E-state index in [1.54, 1.807) is 5.57 Å². The maximum absolute atomic E-state index is 3.38. The van der Waals surface area contributed by atoms with Gasteiger partial charge in [0.1, 0.15) is 0 Å². The summed E-state index contributed by atoms with van der Waals surface area (Å²) in [5, 5.41) is 3.38. The molecule has 0 amide bonds. The number of likely N-dealkylation sites (tertiary alicyclic amines) is 1. The van der Waals surface area contributed by atoms with E-state index in [0.717, 1.165) is 6.04 Å². The van der Waals surface area contributed by atoms with Gasteiger partial charge in [0.05, 0.1) is 0 Å². The number of rotatable bonds is 4. The zero-order valence-electron chi connectivity index (χ0n) is 9.97. The minimum Gasteiger partial charge on any atom is -0.316 e. The first kappa shape index (κ1) is 11.2. The van der Waals surface area contributed by atoms with Gasteiger partial charge >= 0.3 is 0 Å². The van der Waals surface area contributed by atoms with Gasteiger partial charge in [0.15, 0.2) is 0 Å². The Kier molecular flexibility index (Phi) is 4.21. The highest BCUT2D eigenvalue weighted by Gasteiger charge is 2.20. The van der Waals surface area contributed by atoms with Crippen molar-refractivity contribution in [2.45, 2.75) is 44.6 Å². The molecule has 0 aromatic carbocycles. The van der Waals surface area contributed by atoms with Crippen LogP contribution in [0.1, 0.15) is 38.5 Å². The fourth-order valence-electron chi connectivity index (χ4n) is 2.70. The van der Waals surface area contributed by atoms with Crippen molar-refractivity contribution in [3.8, 4) is 0 Å². The molecule has 2 nitrogen and oxygen atoms in total. The van der Waals surface area contributed by atoms with Crippen LogP contribution in [0.5, 0.6) is 0 Å². The molecule has 0 aromatic heterocycles. The largest absolute Gasteiger partial charge is 0.316 e. The minimum absolute atomic E-state index is 0.741. The van der Waals surface area contributed by atoms with Gasteiger partial charge in [-0.1, -0.05) is 11.6 Å². The van der Waals surface area contributed by atoms with Gasteiger partial charge in [-0.25, -0.2) is 0 Å². The molecule has 2 heteroatoms. The number of nitrogens with one attached hydrogen (secondary N) is 1. The fourth-order valence-corrected chi connectivity index (χ4v) is 2.70. The second-order valence-corrected chi connectivity index (χ2v) is 4.93. The number of hydrogen-bond acceptors (Lipinski definition) is 2. The standard InChI is InChI=1S/C13H24N2/c1-14-13-8-10-15(11-13)9-7-12-5-3-2-4-6-12/h5,13-14H,2-4,6-11H2,1H3. The lowest BCUT2D eigenvalue weighted by atomic mass is 9.97. The molecule has 86 valence electrons. The van der Waals surface area contributed by atoms with E-state index in [1.165, 1.54) is 58.2 Å². The third kappa shape index (κ3) is 3.32. The number of hydrogen-bond donors (Lipinski definition) is 1. The summed E-state index contributed by atoms with van der Waals surface area (Å²) >= 11 is 0. The molecule has 1 fully saturated rings. The molecule has 15 heavy (non-hydrogen) atoms. The highest BCUT2D eigenvalue weighted by molar-refractivity contribution is 5.05. The predicted octanol–water partition coefficient (Wildman–Crippen LogP) is 2.17. The van der Waals surface area contributed by atoms with Crippen LogP contribution in [0.25, 0.3) is 0 Å². The first-order chi connectivity index (χ1) is 7.38. The molecule has 0 saturated carbocycles. The lowest BCUT2D eigenvalue weighted by Crippen LogP contribution is -2.30. The first-order valence-corrected chi connectivity index (χ1v) is 6.46. The smallest absolute Gasteiger partial charge is 0.0204 e. The van der Waals surface area contributed by atoms with Crippen LogP contribution in [0, 0.1) is 0 Å². The van der Waals surface area contributed by atoms with Gasteiger partial charge in [-0.15, -0.1) is 0 Å². The maximum Gasteiger partial charge on any atom is 0.0204 e. The molecule has 0 aromatic rings. The number of nitrogens with zero attached hydrogens (tertiary/aromatic N) is 1. The lowest BCUT2D eigenvalue weighted by molar-refractivity contribution is 0.331. The lowest BCUT2D eigenvalue weighted by Gasteiger charge is -2.18. The quantitative estimate of drug-likeness (QED) is 0.712. The molecule has 2 aliphatic rings. The van der Waals surface area contributed by atoms with E-state index in [9.17, 15) is 0 Å². The van der Waals surface area contributed by atoms with Crippen molar-refractivity contribution in [3.63, 3.8) is 0 Å². The van der Waals surface area contributed by atoms with Crippen molar-refractivity contribution in [1.82, 2.24) is 10.2 Å². The molecule has 1 atom stereocenters. The first-order valence-electron chi connectivity index (χ1n) is 6.46. The van der Waals surface area contributed by atoms with Gasteiger partial charge in [0.25, 0.3) is 0 Å². The van der Waals surface area contributed by atoms with Crippen molar-refractivity contribution in [2.24, 2.45) is 0 Å². The third-order valence-corrected chi connectivity index (χ3v) is 3.81. The Balaban J connectivity index is 1.67. The average Bonchev–Trinajstić information content (AvgIpc) is 2.76. The maximum atomic E-state index is 3.38. The third-order valence-electron chi connectivity index (χ3n) is 3.81. The van der Waals surface area contributed by atoms with Crippen LogP contribution in [0.2, 0.25) is 0 Å². The molecule has 1 saturated heterocycles. The van der Waals surface area contributed by atoms with Crippen molar-refractivity contribution in [2.75, 3.05) is 26.7 Å². The number of likely N-dealkylation sites (N-methyl/N-ethyl adjacent to an activating group) is 1. The highest BCUT2D eigenvalue weighted by atomic mass is 15.2. The zero-order chi connectivity index (χ0) is 10.5. The van der Waals surface area contributed by atoms with E-state index in [1.807, 2.05) is 0 Å². The van der Waals surface area contributed by atoms with Gasteiger partial charge in [0.2, 0.25) is 0 Å². The van der Waals surface area contributed by atoms with Crippen LogP contribution in [-0.2, 0) is 0 Å². The Bertz CT molecular complexity index is 223. The zero-order valence-corrected chi connectivity index (χ0v) is 9.97. The molecular formula is C13H24N2. The van der Waals surface area contributed by atoms with E-state index in [0.29, 0.717) is 0 Å². The molecular weight excluding hydrogens is 184 g/mol. The second-order valence-electron chi connectivity index (χ2n) is 4.93. The van der Waals surface area contributed by atoms with Crippen LogP contribution in [0.15, 0.2) is 11.6 Å². The van der Waals surface area contributed by atoms with Crippen LogP contribution in [0.4, 0.5) is 0 Å². The second kappa shape index (κ2) is 5.66. The Labute approximate surface area is 93.7 Å². The molecule has 1 aliphatic carbocycles. The van der Waals surface area contributed by atoms with E-state index < -0.39 is 0 Å².